The molecule has 2 aliphatic rings. The molecule has 1 aliphatic heterocycles. The van der Waals surface area contributed by atoms with Crippen LogP contribution in [0.5, 0.6) is 0 Å². The maximum absolute atomic E-state index is 10.6. The first-order chi connectivity index (χ1) is 5.97. The lowest BCUT2D eigenvalue weighted by Gasteiger charge is -2.31. The first kappa shape index (κ1) is 9.41. The predicted molar refractivity (Wildman–Crippen MR) is 50.3 cm³/mol. The number of carbonyl (C=O) groups is 1. The summed E-state index contributed by atoms with van der Waals surface area (Å²) in [6.07, 6.45) is 1.57. The minimum atomic E-state index is -0.842. The molecule has 1 heterocycles. The minimum Gasteiger partial charge on any atom is -0.465 e. The van der Waals surface area contributed by atoms with Crippen LogP contribution < -0.4 is 0 Å². The molecule has 2 fully saturated rings. The Morgan fingerprint density at radius 3 is 2.08 bits per heavy atom. The number of carboxylic acid groups (broad SMARTS) is 1. The molecule has 0 atom stereocenters. The van der Waals surface area contributed by atoms with Crippen LogP contribution in [0.15, 0.2) is 0 Å². The summed E-state index contributed by atoms with van der Waals surface area (Å²) in [5.41, 5.74) is 0.0159. The van der Waals surface area contributed by atoms with E-state index in [0.29, 0.717) is 13.1 Å². The van der Waals surface area contributed by atoms with Crippen molar-refractivity contribution in [2.75, 3.05) is 13.1 Å². The van der Waals surface area contributed by atoms with Gasteiger partial charge in [0.2, 0.25) is 0 Å². The van der Waals surface area contributed by atoms with Crippen molar-refractivity contribution in [2.45, 2.75) is 23.6 Å². The van der Waals surface area contributed by atoms with Gasteiger partial charge in [-0.2, -0.15) is 0 Å². The molecule has 0 bridgehead atoms. The van der Waals surface area contributed by atoms with E-state index < -0.39 is 10.4 Å². The predicted octanol–water partition coefficient (Wildman–Crippen LogP) is 2.32. The van der Waals surface area contributed by atoms with Crippen molar-refractivity contribution in [2.24, 2.45) is 5.41 Å². The van der Waals surface area contributed by atoms with Gasteiger partial charge in [0.25, 0.3) is 0 Å². The van der Waals surface area contributed by atoms with Gasteiger partial charge in [-0.25, -0.2) is 4.79 Å². The molecule has 1 amide bonds. The Hall–Kier alpha value is -0.150. The normalized spacial score (nSPS) is 28.9. The van der Waals surface area contributed by atoms with Gasteiger partial charge < -0.3 is 10.0 Å². The average Bonchev–Trinajstić information content (AvgIpc) is 2.53. The molecule has 1 spiro atoms. The van der Waals surface area contributed by atoms with E-state index in [1.807, 2.05) is 0 Å². The zero-order valence-corrected chi connectivity index (χ0v) is 8.61. The van der Waals surface area contributed by atoms with Gasteiger partial charge in [-0.3, -0.25) is 0 Å². The van der Waals surface area contributed by atoms with E-state index in [1.165, 1.54) is 4.90 Å². The lowest BCUT2D eigenvalue weighted by molar-refractivity contribution is 0.120. The third-order valence-electron chi connectivity index (χ3n) is 3.20. The number of likely N-dealkylation sites (tertiary alicyclic amines) is 1. The van der Waals surface area contributed by atoms with Crippen molar-refractivity contribution >= 4 is 29.3 Å². The molecule has 2 rings (SSSR count). The first-order valence-electron chi connectivity index (χ1n) is 4.33. The maximum atomic E-state index is 10.6. The van der Waals surface area contributed by atoms with Crippen molar-refractivity contribution < 1.29 is 9.90 Å². The highest BCUT2D eigenvalue weighted by molar-refractivity contribution is 6.51. The molecule has 1 aliphatic carbocycles. The molecule has 0 aromatic carbocycles. The quantitative estimate of drug-likeness (QED) is 0.641. The molecule has 13 heavy (non-hydrogen) atoms. The van der Waals surface area contributed by atoms with Crippen LogP contribution in [0.2, 0.25) is 0 Å². The maximum Gasteiger partial charge on any atom is 0.407 e. The number of nitrogens with zero attached hydrogens (tertiary/aromatic N) is 1. The number of piperidine rings is 1. The van der Waals surface area contributed by atoms with Gasteiger partial charge >= 0.3 is 6.09 Å². The van der Waals surface area contributed by atoms with Crippen LogP contribution in [0, 0.1) is 5.41 Å². The zero-order chi connectivity index (χ0) is 9.69. The molecule has 0 radical (unpaired) electrons. The molecule has 3 nitrogen and oxygen atoms in total. The Kier molecular flexibility index (Phi) is 1.93. The molecule has 0 aromatic heterocycles. The van der Waals surface area contributed by atoms with Gasteiger partial charge in [-0.15, -0.1) is 23.2 Å². The van der Waals surface area contributed by atoms with E-state index in [2.05, 4.69) is 0 Å². The van der Waals surface area contributed by atoms with Crippen molar-refractivity contribution in [3.63, 3.8) is 0 Å². The number of halogens is 2. The number of alkyl halides is 2. The van der Waals surface area contributed by atoms with Crippen molar-refractivity contribution in [3.05, 3.63) is 0 Å². The second kappa shape index (κ2) is 2.67. The van der Waals surface area contributed by atoms with Crippen molar-refractivity contribution in [3.8, 4) is 0 Å². The monoisotopic (exact) mass is 223 g/mol. The highest BCUT2D eigenvalue weighted by Gasteiger charge is 2.66. The fourth-order valence-electron chi connectivity index (χ4n) is 2.05. The lowest BCUT2D eigenvalue weighted by Crippen LogP contribution is -2.39. The molecule has 1 saturated heterocycles. The van der Waals surface area contributed by atoms with Gasteiger partial charge in [0, 0.05) is 18.5 Å². The number of amides is 1. The van der Waals surface area contributed by atoms with Crippen LogP contribution in [0.1, 0.15) is 19.3 Å². The summed E-state index contributed by atoms with van der Waals surface area (Å²) in [5, 5.41) is 8.72. The van der Waals surface area contributed by atoms with Crippen molar-refractivity contribution in [1.82, 2.24) is 4.90 Å². The second-order valence-electron chi connectivity index (χ2n) is 3.93. The molecule has 1 N–H and O–H groups in total. The molecule has 5 heteroatoms. The van der Waals surface area contributed by atoms with Crippen LogP contribution >= 0.6 is 23.2 Å². The Balaban J connectivity index is 1.95. The molecule has 1 saturated carbocycles. The molecule has 74 valence electrons. The van der Waals surface area contributed by atoms with Crippen LogP contribution in [-0.4, -0.2) is 33.5 Å². The molecular formula is C8H11Cl2NO2. The number of rotatable bonds is 0. The summed E-state index contributed by atoms with van der Waals surface area (Å²) in [4.78, 5) is 12.0. The third-order valence-corrected chi connectivity index (χ3v) is 4.27. The van der Waals surface area contributed by atoms with E-state index in [4.69, 9.17) is 28.3 Å². The average molecular weight is 224 g/mol. The second-order valence-corrected chi connectivity index (χ2v) is 5.42. The zero-order valence-electron chi connectivity index (χ0n) is 7.09. The summed E-state index contributed by atoms with van der Waals surface area (Å²) in [6.45, 7) is 1.13. The summed E-state index contributed by atoms with van der Waals surface area (Å²) in [7, 11) is 0. The van der Waals surface area contributed by atoms with Gasteiger partial charge in [0.05, 0.1) is 0 Å². The highest BCUT2D eigenvalue weighted by atomic mass is 35.5. The smallest absolute Gasteiger partial charge is 0.407 e. The van der Waals surface area contributed by atoms with E-state index in [0.717, 1.165) is 19.3 Å². The highest BCUT2D eigenvalue weighted by Crippen LogP contribution is 2.68. The number of hydrogen-bond acceptors (Lipinski definition) is 1. The minimum absolute atomic E-state index is 0.0159. The standard InChI is InChI=1S/C8H11Cl2NO2/c9-8(10)5-7(8)1-3-11(4-2-7)6(12)13/h1-5H2,(H,12,13). The summed E-state index contributed by atoms with van der Waals surface area (Å²) in [5.74, 6) is 0. The van der Waals surface area contributed by atoms with Crippen LogP contribution in [-0.2, 0) is 0 Å². The fourth-order valence-corrected chi connectivity index (χ4v) is 2.94. The van der Waals surface area contributed by atoms with E-state index >= 15 is 0 Å². The summed E-state index contributed by atoms with van der Waals surface area (Å²) >= 11 is 12.0. The fraction of sp³-hybridized carbons (Fsp3) is 0.875. The van der Waals surface area contributed by atoms with Crippen LogP contribution in [0.25, 0.3) is 0 Å². The van der Waals surface area contributed by atoms with Crippen LogP contribution in [0.4, 0.5) is 4.79 Å². The SMILES string of the molecule is O=C(O)N1CCC2(CC1)CC2(Cl)Cl. The molecule has 0 aromatic rings. The molecule has 0 unspecified atom stereocenters. The summed E-state index contributed by atoms with van der Waals surface area (Å²) < 4.78 is -0.586. The van der Waals surface area contributed by atoms with E-state index in [-0.39, 0.29) is 5.41 Å². The Labute approximate surface area is 86.6 Å². The van der Waals surface area contributed by atoms with Gasteiger partial charge in [-0.05, 0) is 19.3 Å². The Morgan fingerprint density at radius 1 is 1.31 bits per heavy atom. The Morgan fingerprint density at radius 2 is 1.77 bits per heavy atom. The Bertz CT molecular complexity index is 247. The summed E-state index contributed by atoms with van der Waals surface area (Å²) in [6, 6.07) is 0. The third kappa shape index (κ3) is 1.38. The number of hydrogen-bond donors (Lipinski definition) is 1. The largest absolute Gasteiger partial charge is 0.465 e. The topological polar surface area (TPSA) is 40.5 Å². The van der Waals surface area contributed by atoms with Gasteiger partial charge in [0.15, 0.2) is 0 Å². The van der Waals surface area contributed by atoms with Crippen LogP contribution in [0.3, 0.4) is 0 Å². The lowest BCUT2D eigenvalue weighted by atomic mass is 9.94. The van der Waals surface area contributed by atoms with Gasteiger partial charge in [0.1, 0.15) is 4.33 Å². The van der Waals surface area contributed by atoms with Gasteiger partial charge in [-0.1, -0.05) is 0 Å². The van der Waals surface area contributed by atoms with Crippen molar-refractivity contribution in [1.29, 1.82) is 0 Å². The van der Waals surface area contributed by atoms with E-state index in [9.17, 15) is 4.79 Å². The first-order valence-corrected chi connectivity index (χ1v) is 5.08. The van der Waals surface area contributed by atoms with E-state index in [1.54, 1.807) is 0 Å². The molecular weight excluding hydrogens is 213 g/mol.